The average molecular weight is 364 g/mol. The summed E-state index contributed by atoms with van der Waals surface area (Å²) in [6.07, 6.45) is 2.07. The van der Waals surface area contributed by atoms with Gasteiger partial charge in [0, 0.05) is 16.6 Å². The van der Waals surface area contributed by atoms with Crippen molar-refractivity contribution in [3.63, 3.8) is 0 Å². The predicted octanol–water partition coefficient (Wildman–Crippen LogP) is 5.82. The minimum Gasteiger partial charge on any atom is -0.381 e. The summed E-state index contributed by atoms with van der Waals surface area (Å²) in [7, 11) is 1.78. The van der Waals surface area contributed by atoms with Crippen LogP contribution in [0, 0.1) is 0 Å². The molecule has 1 aliphatic rings. The summed E-state index contributed by atoms with van der Waals surface area (Å²) in [4.78, 5) is 0. The van der Waals surface area contributed by atoms with Crippen molar-refractivity contribution in [2.24, 2.45) is 0 Å². The van der Waals surface area contributed by atoms with E-state index < -0.39 is 0 Å². The highest BCUT2D eigenvalue weighted by Gasteiger charge is 2.26. The number of hydrogen-bond acceptors (Lipinski definition) is 1. The van der Waals surface area contributed by atoms with E-state index >= 15 is 0 Å². The fraction of sp³-hybridized carbons (Fsp3) is 0.222. The molecular weight excluding hydrogens is 348 g/mol. The van der Waals surface area contributed by atoms with E-state index in [1.165, 1.54) is 16.7 Å². The van der Waals surface area contributed by atoms with E-state index in [1.807, 2.05) is 18.2 Å². The molecule has 0 aromatic heterocycles. The summed E-state index contributed by atoms with van der Waals surface area (Å²) in [5.74, 6) is 0. The fourth-order valence-electron chi connectivity index (χ4n) is 2.86. The quantitative estimate of drug-likeness (QED) is 0.667. The van der Waals surface area contributed by atoms with Gasteiger partial charge in [-0.05, 0) is 53.3 Å². The topological polar surface area (TPSA) is 9.23 Å². The molecule has 1 atom stereocenters. The molecule has 0 N–H and O–H groups in total. The first-order chi connectivity index (χ1) is 10.2. The van der Waals surface area contributed by atoms with E-state index in [1.54, 1.807) is 7.11 Å². The summed E-state index contributed by atoms with van der Waals surface area (Å²) >= 11 is 9.88. The Morgan fingerprint density at radius 3 is 2.33 bits per heavy atom. The zero-order valence-electron chi connectivity index (χ0n) is 11.8. The van der Waals surface area contributed by atoms with Crippen LogP contribution in [0.15, 0.2) is 53.0 Å². The molecule has 3 heteroatoms. The molecule has 0 fully saturated rings. The van der Waals surface area contributed by atoms with Crippen molar-refractivity contribution in [3.8, 4) is 0 Å². The lowest BCUT2D eigenvalue weighted by molar-refractivity contribution is 0.116. The minimum atomic E-state index is 0.231. The van der Waals surface area contributed by atoms with Crippen LogP contribution in [0.1, 0.15) is 24.0 Å². The van der Waals surface area contributed by atoms with Crippen molar-refractivity contribution in [1.29, 1.82) is 0 Å². The van der Waals surface area contributed by atoms with Gasteiger partial charge in [0.15, 0.2) is 0 Å². The Morgan fingerprint density at radius 2 is 1.67 bits per heavy atom. The van der Waals surface area contributed by atoms with E-state index in [-0.39, 0.29) is 6.10 Å². The summed E-state index contributed by atoms with van der Waals surface area (Å²) in [6, 6.07) is 16.5. The number of hydrogen-bond donors (Lipinski definition) is 0. The van der Waals surface area contributed by atoms with Crippen molar-refractivity contribution >= 4 is 38.7 Å². The van der Waals surface area contributed by atoms with Gasteiger partial charge in [-0.2, -0.15) is 0 Å². The molecule has 0 saturated heterocycles. The van der Waals surface area contributed by atoms with Gasteiger partial charge in [0.25, 0.3) is 0 Å². The number of halogens is 2. The second-order valence-corrected chi connectivity index (χ2v) is 6.53. The van der Waals surface area contributed by atoms with E-state index in [4.69, 9.17) is 16.3 Å². The van der Waals surface area contributed by atoms with Crippen LogP contribution in [0.5, 0.6) is 0 Å². The minimum absolute atomic E-state index is 0.231. The molecule has 108 valence electrons. The van der Waals surface area contributed by atoms with E-state index in [9.17, 15) is 0 Å². The first-order valence-electron chi connectivity index (χ1n) is 6.94. The van der Waals surface area contributed by atoms with Crippen LogP contribution in [0.3, 0.4) is 0 Å². The summed E-state index contributed by atoms with van der Waals surface area (Å²) in [6.45, 7) is 0. The highest BCUT2D eigenvalue weighted by Crippen LogP contribution is 2.43. The summed E-state index contributed by atoms with van der Waals surface area (Å²) < 4.78 is 6.67. The normalized spacial score (nSPS) is 18.3. The van der Waals surface area contributed by atoms with Crippen molar-refractivity contribution in [1.82, 2.24) is 0 Å². The molecule has 1 unspecified atom stereocenters. The SMILES string of the molecule is COC1CC(c2ccc(Br)cc2)=C(c2ccccc2Cl)C1. The van der Waals surface area contributed by atoms with Crippen LogP contribution in [0.2, 0.25) is 5.02 Å². The van der Waals surface area contributed by atoms with Gasteiger partial charge < -0.3 is 4.74 Å². The van der Waals surface area contributed by atoms with Crippen molar-refractivity contribution in [2.45, 2.75) is 18.9 Å². The molecule has 0 saturated carbocycles. The van der Waals surface area contributed by atoms with Gasteiger partial charge in [0.2, 0.25) is 0 Å². The van der Waals surface area contributed by atoms with Gasteiger partial charge in [0.05, 0.1) is 6.10 Å². The van der Waals surface area contributed by atoms with Crippen LogP contribution < -0.4 is 0 Å². The Bertz CT molecular complexity index is 676. The van der Waals surface area contributed by atoms with Crippen molar-refractivity contribution in [2.75, 3.05) is 7.11 Å². The van der Waals surface area contributed by atoms with Gasteiger partial charge in [0.1, 0.15) is 0 Å². The molecule has 0 radical (unpaired) electrons. The molecule has 3 rings (SSSR count). The second kappa shape index (κ2) is 6.35. The molecule has 21 heavy (non-hydrogen) atoms. The van der Waals surface area contributed by atoms with Gasteiger partial charge in [-0.3, -0.25) is 0 Å². The molecule has 1 nitrogen and oxygen atoms in total. The third-order valence-electron chi connectivity index (χ3n) is 3.95. The standard InChI is InChI=1S/C18H16BrClO/c1-21-14-10-16(12-6-8-13(19)9-7-12)17(11-14)15-4-2-3-5-18(15)20/h2-9,14H,10-11H2,1H3. The Kier molecular flexibility index (Phi) is 4.48. The molecule has 0 spiro atoms. The Labute approximate surface area is 138 Å². The van der Waals surface area contributed by atoms with Crippen LogP contribution in [0.25, 0.3) is 11.1 Å². The molecular formula is C18H16BrClO. The third kappa shape index (κ3) is 3.08. The van der Waals surface area contributed by atoms with Crippen LogP contribution >= 0.6 is 27.5 Å². The Morgan fingerprint density at radius 1 is 1.00 bits per heavy atom. The van der Waals surface area contributed by atoms with Gasteiger partial charge in [-0.25, -0.2) is 0 Å². The summed E-state index contributed by atoms with van der Waals surface area (Å²) in [5.41, 5.74) is 5.00. The average Bonchev–Trinajstić information content (AvgIpc) is 2.92. The molecule has 2 aromatic rings. The van der Waals surface area contributed by atoms with E-state index in [0.717, 1.165) is 27.9 Å². The number of rotatable bonds is 3. The Hall–Kier alpha value is -1.09. The monoisotopic (exact) mass is 362 g/mol. The molecule has 1 aliphatic carbocycles. The first kappa shape index (κ1) is 14.8. The highest BCUT2D eigenvalue weighted by atomic mass is 79.9. The lowest BCUT2D eigenvalue weighted by atomic mass is 9.97. The zero-order chi connectivity index (χ0) is 14.8. The van der Waals surface area contributed by atoms with Crippen molar-refractivity contribution < 1.29 is 4.74 Å². The van der Waals surface area contributed by atoms with E-state index in [0.29, 0.717) is 0 Å². The number of methoxy groups -OCH3 is 1. The maximum absolute atomic E-state index is 6.39. The Balaban J connectivity index is 2.09. The maximum atomic E-state index is 6.39. The lowest BCUT2D eigenvalue weighted by Crippen LogP contribution is -2.04. The highest BCUT2D eigenvalue weighted by molar-refractivity contribution is 9.10. The largest absolute Gasteiger partial charge is 0.381 e. The number of benzene rings is 2. The molecule has 2 aromatic carbocycles. The van der Waals surface area contributed by atoms with Gasteiger partial charge in [-0.1, -0.05) is 57.9 Å². The van der Waals surface area contributed by atoms with Crippen LogP contribution in [-0.2, 0) is 4.74 Å². The van der Waals surface area contributed by atoms with Gasteiger partial charge >= 0.3 is 0 Å². The number of ether oxygens (including phenoxy) is 1. The maximum Gasteiger partial charge on any atom is 0.0652 e. The second-order valence-electron chi connectivity index (χ2n) is 5.21. The molecule has 0 bridgehead atoms. The van der Waals surface area contributed by atoms with Crippen LogP contribution in [-0.4, -0.2) is 13.2 Å². The first-order valence-corrected chi connectivity index (χ1v) is 8.12. The predicted molar refractivity (Wildman–Crippen MR) is 92.4 cm³/mol. The van der Waals surface area contributed by atoms with Crippen LogP contribution in [0.4, 0.5) is 0 Å². The zero-order valence-corrected chi connectivity index (χ0v) is 14.1. The molecule has 0 aliphatic heterocycles. The van der Waals surface area contributed by atoms with Gasteiger partial charge in [-0.15, -0.1) is 0 Å². The summed E-state index contributed by atoms with van der Waals surface area (Å²) in [5, 5.41) is 0.805. The smallest absolute Gasteiger partial charge is 0.0652 e. The molecule has 0 amide bonds. The fourth-order valence-corrected chi connectivity index (χ4v) is 3.38. The van der Waals surface area contributed by atoms with E-state index in [2.05, 4.69) is 46.3 Å². The van der Waals surface area contributed by atoms with Crippen molar-refractivity contribution in [3.05, 3.63) is 69.2 Å². The molecule has 0 heterocycles. The third-order valence-corrected chi connectivity index (χ3v) is 4.81. The lowest BCUT2D eigenvalue weighted by Gasteiger charge is -2.10.